The van der Waals surface area contributed by atoms with Crippen LogP contribution in [0.2, 0.25) is 0 Å². The van der Waals surface area contributed by atoms with Crippen molar-refractivity contribution < 1.29 is 14.3 Å². The Morgan fingerprint density at radius 3 is 2.84 bits per heavy atom. The van der Waals surface area contributed by atoms with Crippen LogP contribution in [0, 0.1) is 11.8 Å². The highest BCUT2D eigenvalue weighted by Crippen LogP contribution is 2.36. The number of benzene rings is 1. The summed E-state index contributed by atoms with van der Waals surface area (Å²) in [4.78, 5) is 35.4. The maximum atomic E-state index is 12.5. The highest BCUT2D eigenvalue weighted by molar-refractivity contribution is 7.22. The van der Waals surface area contributed by atoms with Gasteiger partial charge in [0.25, 0.3) is 0 Å². The van der Waals surface area contributed by atoms with Crippen LogP contribution in [0.15, 0.2) is 30.5 Å². The highest BCUT2D eigenvalue weighted by Gasteiger charge is 2.31. The van der Waals surface area contributed by atoms with Crippen molar-refractivity contribution in [2.75, 3.05) is 23.4 Å². The summed E-state index contributed by atoms with van der Waals surface area (Å²) >= 11 is 1.48. The van der Waals surface area contributed by atoms with Gasteiger partial charge in [-0.25, -0.2) is 9.78 Å². The summed E-state index contributed by atoms with van der Waals surface area (Å²) in [6.45, 7) is 1.12. The summed E-state index contributed by atoms with van der Waals surface area (Å²) in [5, 5.41) is 3.57. The van der Waals surface area contributed by atoms with Crippen LogP contribution in [-0.2, 0) is 16.0 Å². The average molecular weight is 435 g/mol. The minimum atomic E-state index is -0.279. The lowest BCUT2D eigenvalue weighted by atomic mass is 10.1. The van der Waals surface area contributed by atoms with Gasteiger partial charge in [0.1, 0.15) is 0 Å². The van der Waals surface area contributed by atoms with E-state index >= 15 is 0 Å². The van der Waals surface area contributed by atoms with Gasteiger partial charge < -0.3 is 10.1 Å². The number of ether oxygens (including phenoxy) is 1. The lowest BCUT2D eigenvalue weighted by Gasteiger charge is -2.17. The molecule has 0 spiro atoms. The van der Waals surface area contributed by atoms with Crippen LogP contribution in [0.5, 0.6) is 0 Å². The van der Waals surface area contributed by atoms with E-state index < -0.39 is 0 Å². The monoisotopic (exact) mass is 434 g/mol. The summed E-state index contributed by atoms with van der Waals surface area (Å²) < 4.78 is 6.49. The van der Waals surface area contributed by atoms with E-state index in [9.17, 15) is 9.59 Å². The first kappa shape index (κ1) is 18.7. The first-order chi connectivity index (χ1) is 15.1. The van der Waals surface area contributed by atoms with E-state index in [1.807, 2.05) is 24.4 Å². The van der Waals surface area contributed by atoms with Gasteiger partial charge in [0.2, 0.25) is 5.91 Å². The Morgan fingerprint density at radius 1 is 1.16 bits per heavy atom. The average Bonchev–Trinajstić information content (AvgIpc) is 3.70. The molecule has 6 rings (SSSR count). The van der Waals surface area contributed by atoms with Gasteiger partial charge in [-0.1, -0.05) is 17.4 Å². The zero-order chi connectivity index (χ0) is 20.9. The van der Waals surface area contributed by atoms with Gasteiger partial charge in [-0.2, -0.15) is 0 Å². The Hall–Kier alpha value is -3.00. The lowest BCUT2D eigenvalue weighted by Crippen LogP contribution is -2.30. The number of pyridine rings is 1. The van der Waals surface area contributed by atoms with Gasteiger partial charge in [0.05, 0.1) is 28.2 Å². The molecule has 2 aliphatic carbocycles. The summed E-state index contributed by atoms with van der Waals surface area (Å²) in [6, 6.07) is 8.05. The SMILES string of the molecule is O=C(Nc1nc2ccc(-c3cnc4c(c3)N(C(=O)OCC3CC3)CC4)cc2s1)C1CC1. The molecular weight excluding hydrogens is 412 g/mol. The maximum Gasteiger partial charge on any atom is 0.414 e. The van der Waals surface area contributed by atoms with Crippen LogP contribution in [0.25, 0.3) is 21.3 Å². The van der Waals surface area contributed by atoms with Crippen molar-refractivity contribution in [1.29, 1.82) is 0 Å². The number of hydrogen-bond donors (Lipinski definition) is 1. The summed E-state index contributed by atoms with van der Waals surface area (Å²) in [5.74, 6) is 0.760. The number of carbonyl (C=O) groups is 2. The van der Waals surface area contributed by atoms with Crippen molar-refractivity contribution in [3.8, 4) is 11.1 Å². The zero-order valence-electron chi connectivity index (χ0n) is 17.0. The molecule has 2 amide bonds. The number of hydrogen-bond acceptors (Lipinski definition) is 6. The molecule has 0 atom stereocenters. The maximum absolute atomic E-state index is 12.5. The lowest BCUT2D eigenvalue weighted by molar-refractivity contribution is -0.117. The van der Waals surface area contributed by atoms with E-state index in [4.69, 9.17) is 4.74 Å². The second-order valence-electron chi connectivity index (χ2n) is 8.58. The molecule has 31 heavy (non-hydrogen) atoms. The molecule has 1 aromatic carbocycles. The van der Waals surface area contributed by atoms with Gasteiger partial charge in [-0.3, -0.25) is 14.7 Å². The molecule has 3 aromatic rings. The van der Waals surface area contributed by atoms with E-state index in [0.29, 0.717) is 24.2 Å². The predicted molar refractivity (Wildman–Crippen MR) is 119 cm³/mol. The third-order valence-electron chi connectivity index (χ3n) is 6.07. The quantitative estimate of drug-likeness (QED) is 0.634. The second-order valence-corrected chi connectivity index (χ2v) is 9.61. The first-order valence-electron chi connectivity index (χ1n) is 10.8. The van der Waals surface area contributed by atoms with Gasteiger partial charge in [-0.15, -0.1) is 0 Å². The fourth-order valence-electron chi connectivity index (χ4n) is 3.86. The van der Waals surface area contributed by atoms with Crippen molar-refractivity contribution in [1.82, 2.24) is 9.97 Å². The van der Waals surface area contributed by atoms with Crippen LogP contribution >= 0.6 is 11.3 Å². The third kappa shape index (κ3) is 3.76. The molecular formula is C23H22N4O3S. The first-order valence-corrected chi connectivity index (χ1v) is 11.6. The van der Waals surface area contributed by atoms with Crippen molar-refractivity contribution >= 4 is 44.4 Å². The Labute approximate surface area is 183 Å². The molecule has 2 saturated carbocycles. The molecule has 3 aliphatic rings. The van der Waals surface area contributed by atoms with Crippen LogP contribution in [0.3, 0.4) is 0 Å². The van der Waals surface area contributed by atoms with Crippen LogP contribution < -0.4 is 10.2 Å². The van der Waals surface area contributed by atoms with E-state index in [1.54, 1.807) is 4.90 Å². The van der Waals surface area contributed by atoms with E-state index in [0.717, 1.165) is 64.8 Å². The fraction of sp³-hybridized carbons (Fsp3) is 0.391. The smallest absolute Gasteiger partial charge is 0.414 e. The number of thiazole rings is 1. The van der Waals surface area contributed by atoms with Crippen LogP contribution in [-0.4, -0.2) is 35.1 Å². The summed E-state index contributed by atoms with van der Waals surface area (Å²) in [6.07, 6.45) is 6.57. The Bertz CT molecular complexity index is 1200. The molecule has 0 radical (unpaired) electrons. The molecule has 0 unspecified atom stereocenters. The number of anilines is 2. The zero-order valence-corrected chi connectivity index (χ0v) is 17.8. The standard InChI is InChI=1S/C23H22N4O3S/c28-21(14-3-4-14)26-22-25-18-6-5-15(10-20(18)31-22)16-9-19-17(24-11-16)7-8-27(19)23(29)30-12-13-1-2-13/h5-6,9-11,13-14H,1-4,7-8,12H2,(H,25,26,28). The minimum absolute atomic E-state index is 0.0655. The molecule has 1 aliphatic heterocycles. The normalized spacial score (nSPS) is 17.6. The number of nitrogens with one attached hydrogen (secondary N) is 1. The van der Waals surface area contributed by atoms with Gasteiger partial charge in [-0.05, 0) is 55.4 Å². The fourth-order valence-corrected chi connectivity index (χ4v) is 4.76. The van der Waals surface area contributed by atoms with Crippen LogP contribution in [0.4, 0.5) is 15.6 Å². The van der Waals surface area contributed by atoms with E-state index in [2.05, 4.69) is 21.4 Å². The number of fused-ring (bicyclic) bond motifs is 2. The van der Waals surface area contributed by atoms with Gasteiger partial charge in [0, 0.05) is 30.6 Å². The highest BCUT2D eigenvalue weighted by atomic mass is 32.1. The Morgan fingerprint density at radius 2 is 2.03 bits per heavy atom. The van der Waals surface area contributed by atoms with Gasteiger partial charge >= 0.3 is 6.09 Å². The van der Waals surface area contributed by atoms with Crippen molar-refractivity contribution in [2.45, 2.75) is 32.1 Å². The second kappa shape index (κ2) is 7.30. The molecule has 158 valence electrons. The molecule has 7 nitrogen and oxygen atoms in total. The number of amides is 2. The number of rotatable bonds is 5. The van der Waals surface area contributed by atoms with Gasteiger partial charge in [0.15, 0.2) is 5.13 Å². The van der Waals surface area contributed by atoms with E-state index in [1.165, 1.54) is 11.3 Å². The Balaban J connectivity index is 1.25. The summed E-state index contributed by atoms with van der Waals surface area (Å²) in [5.41, 5.74) is 4.57. The topological polar surface area (TPSA) is 84.4 Å². The van der Waals surface area contributed by atoms with E-state index in [-0.39, 0.29) is 17.9 Å². The van der Waals surface area contributed by atoms with Crippen LogP contribution in [0.1, 0.15) is 31.4 Å². The van der Waals surface area contributed by atoms with Crippen molar-refractivity contribution in [2.24, 2.45) is 11.8 Å². The number of nitrogens with zero attached hydrogens (tertiary/aromatic N) is 3. The molecule has 2 fully saturated rings. The number of carbonyl (C=O) groups excluding carboxylic acids is 2. The molecule has 3 heterocycles. The Kier molecular flexibility index (Phi) is 4.41. The molecule has 0 saturated heterocycles. The van der Waals surface area contributed by atoms with Crippen molar-refractivity contribution in [3.63, 3.8) is 0 Å². The minimum Gasteiger partial charge on any atom is -0.449 e. The largest absolute Gasteiger partial charge is 0.449 e. The van der Waals surface area contributed by atoms with Crippen molar-refractivity contribution in [3.05, 3.63) is 36.2 Å². The number of aromatic nitrogens is 2. The molecule has 1 N–H and O–H groups in total. The third-order valence-corrected chi connectivity index (χ3v) is 7.00. The summed E-state index contributed by atoms with van der Waals surface area (Å²) in [7, 11) is 0. The predicted octanol–water partition coefficient (Wildman–Crippen LogP) is 4.62. The molecule has 8 heteroatoms. The molecule has 2 aromatic heterocycles. The molecule has 0 bridgehead atoms.